The Kier molecular flexibility index (Phi) is 7.95. The molecular formula is C22H32F3N3O. The maximum atomic E-state index is 12.9. The Labute approximate surface area is 171 Å². The van der Waals surface area contributed by atoms with Crippen LogP contribution in [0, 0.1) is 5.92 Å². The third-order valence-corrected chi connectivity index (χ3v) is 6.02. The van der Waals surface area contributed by atoms with Gasteiger partial charge in [0.2, 0.25) is 5.91 Å². The van der Waals surface area contributed by atoms with Crippen LogP contribution in [0.1, 0.15) is 31.2 Å². The number of carbonyl (C=O) groups excluding carboxylic acids is 1. The number of hydrogen-bond donors (Lipinski definition) is 0. The van der Waals surface area contributed by atoms with Crippen molar-refractivity contribution in [2.45, 2.75) is 38.3 Å². The number of alkyl halides is 3. The molecule has 2 aliphatic rings. The van der Waals surface area contributed by atoms with Gasteiger partial charge < -0.3 is 9.80 Å². The van der Waals surface area contributed by atoms with E-state index in [1.807, 2.05) is 11.0 Å². The second kappa shape index (κ2) is 10.4. The molecule has 0 atom stereocenters. The molecule has 2 heterocycles. The summed E-state index contributed by atoms with van der Waals surface area (Å²) < 4.78 is 37.6. The maximum Gasteiger partial charge on any atom is 0.401 e. The van der Waals surface area contributed by atoms with Gasteiger partial charge in [0.1, 0.15) is 0 Å². The molecule has 1 aromatic rings. The van der Waals surface area contributed by atoms with Gasteiger partial charge in [0.05, 0.1) is 6.54 Å². The fraction of sp³-hybridized carbons (Fsp3) is 0.682. The van der Waals surface area contributed by atoms with E-state index < -0.39 is 12.7 Å². The first-order valence-electron chi connectivity index (χ1n) is 10.7. The second-order valence-corrected chi connectivity index (χ2v) is 8.28. The van der Waals surface area contributed by atoms with Crippen molar-refractivity contribution in [3.8, 4) is 0 Å². The van der Waals surface area contributed by atoms with Crippen molar-refractivity contribution < 1.29 is 18.0 Å². The highest BCUT2D eigenvalue weighted by Gasteiger charge is 2.35. The second-order valence-electron chi connectivity index (χ2n) is 8.28. The molecule has 0 bridgehead atoms. The summed E-state index contributed by atoms with van der Waals surface area (Å²) in [4.78, 5) is 18.7. The third-order valence-electron chi connectivity index (χ3n) is 6.02. The van der Waals surface area contributed by atoms with Crippen LogP contribution < -0.4 is 0 Å². The Morgan fingerprint density at radius 3 is 2.34 bits per heavy atom. The Morgan fingerprint density at radius 2 is 1.66 bits per heavy atom. The zero-order valence-electron chi connectivity index (χ0n) is 17.0. The average molecular weight is 412 g/mol. The van der Waals surface area contributed by atoms with E-state index in [1.165, 1.54) is 10.5 Å². The maximum absolute atomic E-state index is 12.9. The highest BCUT2D eigenvalue weighted by molar-refractivity contribution is 5.79. The number of rotatable bonds is 6. The van der Waals surface area contributed by atoms with E-state index in [0.717, 1.165) is 52.0 Å². The molecule has 0 aromatic heterocycles. The molecule has 0 spiro atoms. The van der Waals surface area contributed by atoms with E-state index in [0.29, 0.717) is 25.9 Å². The normalized spacial score (nSPS) is 20.6. The highest BCUT2D eigenvalue weighted by atomic mass is 19.4. The van der Waals surface area contributed by atoms with Crippen molar-refractivity contribution in [3.63, 3.8) is 0 Å². The smallest absolute Gasteiger partial charge is 0.341 e. The summed E-state index contributed by atoms with van der Waals surface area (Å²) in [7, 11) is 0. The first kappa shape index (κ1) is 22.1. The molecule has 0 unspecified atom stereocenters. The van der Waals surface area contributed by atoms with Gasteiger partial charge in [0.25, 0.3) is 0 Å². The number of halogens is 3. The fourth-order valence-corrected chi connectivity index (χ4v) is 4.42. The molecule has 4 nitrogen and oxygen atoms in total. The Balaban J connectivity index is 1.38. The molecule has 162 valence electrons. The van der Waals surface area contributed by atoms with Crippen LogP contribution in [0.2, 0.25) is 0 Å². The summed E-state index contributed by atoms with van der Waals surface area (Å²) in [5.74, 6) is 0.0203. The molecule has 7 heteroatoms. The summed E-state index contributed by atoms with van der Waals surface area (Å²) in [6, 6.07) is 10.5. The number of carbonyl (C=O) groups is 1. The highest BCUT2D eigenvalue weighted by Crippen LogP contribution is 2.24. The number of amides is 1. The van der Waals surface area contributed by atoms with E-state index >= 15 is 0 Å². The molecular weight excluding hydrogens is 379 g/mol. The minimum absolute atomic E-state index is 0.121. The molecule has 0 saturated carbocycles. The van der Waals surface area contributed by atoms with Crippen LogP contribution >= 0.6 is 0 Å². The average Bonchev–Trinajstić information content (AvgIpc) is 2.93. The number of nitrogens with zero attached hydrogens (tertiary/aromatic N) is 3. The van der Waals surface area contributed by atoms with E-state index in [9.17, 15) is 18.0 Å². The van der Waals surface area contributed by atoms with Crippen LogP contribution in [0.4, 0.5) is 13.2 Å². The lowest BCUT2D eigenvalue weighted by Gasteiger charge is -2.34. The van der Waals surface area contributed by atoms with Gasteiger partial charge in [-0.2, -0.15) is 13.2 Å². The molecule has 1 aromatic carbocycles. The van der Waals surface area contributed by atoms with Crippen molar-refractivity contribution in [2.24, 2.45) is 5.92 Å². The summed E-state index contributed by atoms with van der Waals surface area (Å²) in [6.07, 6.45) is 0.0418. The zero-order chi connectivity index (χ0) is 20.7. The fourth-order valence-electron chi connectivity index (χ4n) is 4.42. The van der Waals surface area contributed by atoms with Gasteiger partial charge >= 0.3 is 6.18 Å². The van der Waals surface area contributed by atoms with Crippen LogP contribution in [-0.4, -0.2) is 79.1 Å². The quantitative estimate of drug-likeness (QED) is 0.718. The molecule has 2 aliphatic heterocycles. The zero-order valence-corrected chi connectivity index (χ0v) is 17.0. The van der Waals surface area contributed by atoms with E-state index in [4.69, 9.17) is 0 Å². The van der Waals surface area contributed by atoms with Crippen LogP contribution in [0.15, 0.2) is 30.3 Å². The number of likely N-dealkylation sites (tertiary alicyclic amines) is 1. The van der Waals surface area contributed by atoms with Crippen molar-refractivity contribution in [2.75, 3.05) is 52.4 Å². The number of hydrogen-bond acceptors (Lipinski definition) is 3. The number of piperidine rings is 1. The molecule has 3 rings (SSSR count). The summed E-state index contributed by atoms with van der Waals surface area (Å²) in [5.41, 5.74) is 1.36. The van der Waals surface area contributed by atoms with Gasteiger partial charge in [-0.25, -0.2) is 0 Å². The molecule has 0 aliphatic carbocycles. The topological polar surface area (TPSA) is 26.8 Å². The van der Waals surface area contributed by atoms with Gasteiger partial charge in [-0.15, -0.1) is 0 Å². The van der Waals surface area contributed by atoms with Crippen LogP contribution in [0.5, 0.6) is 0 Å². The third kappa shape index (κ3) is 7.30. The van der Waals surface area contributed by atoms with Gasteiger partial charge in [0, 0.05) is 25.6 Å². The van der Waals surface area contributed by atoms with Crippen molar-refractivity contribution in [1.29, 1.82) is 0 Å². The van der Waals surface area contributed by atoms with Gasteiger partial charge in [-0.05, 0) is 63.8 Å². The summed E-state index contributed by atoms with van der Waals surface area (Å²) >= 11 is 0. The van der Waals surface area contributed by atoms with Crippen molar-refractivity contribution in [3.05, 3.63) is 35.9 Å². The molecule has 29 heavy (non-hydrogen) atoms. The molecule has 2 fully saturated rings. The predicted molar refractivity (Wildman–Crippen MR) is 108 cm³/mol. The lowest BCUT2D eigenvalue weighted by atomic mass is 9.95. The van der Waals surface area contributed by atoms with E-state index in [-0.39, 0.29) is 11.8 Å². The molecule has 2 saturated heterocycles. The monoisotopic (exact) mass is 411 g/mol. The number of benzene rings is 1. The SMILES string of the molecule is O=C(C1CCN(CC(F)(F)F)CC1)N1CCCN(CCCc2ccccc2)CC1. The minimum Gasteiger partial charge on any atom is -0.341 e. The lowest BCUT2D eigenvalue weighted by Crippen LogP contribution is -2.45. The molecule has 1 amide bonds. The lowest BCUT2D eigenvalue weighted by molar-refractivity contribution is -0.151. The van der Waals surface area contributed by atoms with E-state index in [2.05, 4.69) is 29.2 Å². The number of aryl methyl sites for hydroxylation is 1. The van der Waals surface area contributed by atoms with Gasteiger partial charge in [-0.1, -0.05) is 30.3 Å². The minimum atomic E-state index is -4.16. The summed E-state index contributed by atoms with van der Waals surface area (Å²) in [6.45, 7) is 4.26. The first-order chi connectivity index (χ1) is 13.9. The van der Waals surface area contributed by atoms with E-state index in [1.54, 1.807) is 0 Å². The van der Waals surface area contributed by atoms with Crippen LogP contribution in [-0.2, 0) is 11.2 Å². The predicted octanol–water partition coefficient (Wildman–Crippen LogP) is 3.43. The Hall–Kier alpha value is -1.60. The molecule has 0 radical (unpaired) electrons. The first-order valence-corrected chi connectivity index (χ1v) is 10.7. The van der Waals surface area contributed by atoms with Crippen molar-refractivity contribution in [1.82, 2.24) is 14.7 Å². The largest absolute Gasteiger partial charge is 0.401 e. The van der Waals surface area contributed by atoms with Crippen LogP contribution in [0.25, 0.3) is 0 Å². The van der Waals surface area contributed by atoms with Gasteiger partial charge in [0.15, 0.2) is 0 Å². The van der Waals surface area contributed by atoms with Crippen LogP contribution in [0.3, 0.4) is 0 Å². The van der Waals surface area contributed by atoms with Crippen molar-refractivity contribution >= 4 is 5.91 Å². The Bertz CT molecular complexity index is 630. The standard InChI is InChI=1S/C22H32F3N3O/c23-22(24,25)18-27-14-9-20(10-15-27)21(29)28-13-5-12-26(16-17-28)11-4-8-19-6-2-1-3-7-19/h1-3,6-7,20H,4-5,8-18H2. The molecule has 0 N–H and O–H groups in total. The Morgan fingerprint density at radius 1 is 0.931 bits per heavy atom. The summed E-state index contributed by atoms with van der Waals surface area (Å²) in [5, 5.41) is 0. The van der Waals surface area contributed by atoms with Gasteiger partial charge in [-0.3, -0.25) is 9.69 Å².